The molecule has 12 heavy (non-hydrogen) atoms. The minimum atomic E-state index is -0.273. The molecule has 0 aliphatic heterocycles. The molecule has 3 nitrogen and oxygen atoms in total. The topological polar surface area (TPSA) is 55.5 Å². The molecule has 3 N–H and O–H groups in total. The van der Waals surface area contributed by atoms with Crippen LogP contribution in [0, 0.1) is 6.92 Å². The zero-order valence-corrected chi connectivity index (χ0v) is 7.24. The molecule has 0 saturated heterocycles. The maximum absolute atomic E-state index is 9.46. The van der Waals surface area contributed by atoms with Crippen LogP contribution in [0.4, 0.5) is 0 Å². The second-order valence-corrected chi connectivity index (χ2v) is 2.84. The van der Waals surface area contributed by atoms with E-state index in [-0.39, 0.29) is 11.9 Å². The molecule has 0 spiro atoms. The van der Waals surface area contributed by atoms with Crippen molar-refractivity contribution in [3.8, 4) is 5.75 Å². The fourth-order valence-electron chi connectivity index (χ4n) is 1.07. The standard InChI is InChI=1S/C9H13NO2/c1-6-3-4-8(7(2)12-10)9(11)5-6/h3-5,7,11H,10H2,1-2H3. The van der Waals surface area contributed by atoms with E-state index in [2.05, 4.69) is 4.84 Å². The average molecular weight is 167 g/mol. The Balaban J connectivity index is 3.01. The lowest BCUT2D eigenvalue weighted by molar-refractivity contribution is 0.0647. The lowest BCUT2D eigenvalue weighted by atomic mass is 10.1. The zero-order chi connectivity index (χ0) is 9.14. The van der Waals surface area contributed by atoms with Crippen molar-refractivity contribution >= 4 is 0 Å². The van der Waals surface area contributed by atoms with Gasteiger partial charge >= 0.3 is 0 Å². The van der Waals surface area contributed by atoms with Crippen LogP contribution in [0.2, 0.25) is 0 Å². The van der Waals surface area contributed by atoms with Gasteiger partial charge in [-0.25, -0.2) is 5.90 Å². The first-order valence-corrected chi connectivity index (χ1v) is 3.80. The molecule has 0 saturated carbocycles. The number of nitrogens with two attached hydrogens (primary N) is 1. The minimum absolute atomic E-state index is 0.230. The van der Waals surface area contributed by atoms with Crippen molar-refractivity contribution in [1.82, 2.24) is 0 Å². The van der Waals surface area contributed by atoms with E-state index in [9.17, 15) is 5.11 Å². The molecule has 1 aromatic rings. The van der Waals surface area contributed by atoms with Gasteiger partial charge in [-0.05, 0) is 25.5 Å². The van der Waals surface area contributed by atoms with Crippen molar-refractivity contribution in [3.05, 3.63) is 29.3 Å². The van der Waals surface area contributed by atoms with Gasteiger partial charge < -0.3 is 5.11 Å². The van der Waals surface area contributed by atoms with Gasteiger partial charge in [-0.2, -0.15) is 0 Å². The summed E-state index contributed by atoms with van der Waals surface area (Å²) >= 11 is 0. The monoisotopic (exact) mass is 167 g/mol. The van der Waals surface area contributed by atoms with Crippen molar-refractivity contribution in [1.29, 1.82) is 0 Å². The summed E-state index contributed by atoms with van der Waals surface area (Å²) in [7, 11) is 0. The van der Waals surface area contributed by atoms with Crippen LogP contribution in [0.15, 0.2) is 18.2 Å². The number of benzene rings is 1. The molecule has 0 aromatic heterocycles. The Morgan fingerprint density at radius 1 is 1.50 bits per heavy atom. The number of rotatable bonds is 2. The average Bonchev–Trinajstić information content (AvgIpc) is 2.03. The molecule has 0 fully saturated rings. The normalized spacial score (nSPS) is 12.9. The number of hydrogen-bond acceptors (Lipinski definition) is 3. The van der Waals surface area contributed by atoms with Gasteiger partial charge in [-0.1, -0.05) is 12.1 Å². The van der Waals surface area contributed by atoms with Crippen molar-refractivity contribution in [3.63, 3.8) is 0 Å². The summed E-state index contributed by atoms with van der Waals surface area (Å²) in [5, 5.41) is 9.46. The molecule has 0 heterocycles. The summed E-state index contributed by atoms with van der Waals surface area (Å²) in [4.78, 5) is 4.60. The zero-order valence-electron chi connectivity index (χ0n) is 7.24. The Morgan fingerprint density at radius 3 is 2.67 bits per heavy atom. The van der Waals surface area contributed by atoms with Gasteiger partial charge in [0.05, 0.1) is 0 Å². The van der Waals surface area contributed by atoms with Gasteiger partial charge in [0.2, 0.25) is 0 Å². The maximum atomic E-state index is 9.46. The van der Waals surface area contributed by atoms with E-state index in [1.165, 1.54) is 0 Å². The highest BCUT2D eigenvalue weighted by molar-refractivity contribution is 5.37. The van der Waals surface area contributed by atoms with Gasteiger partial charge in [-0.3, -0.25) is 4.84 Å². The highest BCUT2D eigenvalue weighted by Gasteiger charge is 2.08. The summed E-state index contributed by atoms with van der Waals surface area (Å²) < 4.78 is 0. The number of phenolic OH excluding ortho intramolecular Hbond substituents is 1. The Bertz CT molecular complexity index is 273. The Morgan fingerprint density at radius 2 is 2.17 bits per heavy atom. The Kier molecular flexibility index (Phi) is 2.68. The highest BCUT2D eigenvalue weighted by atomic mass is 16.6. The Labute approximate surface area is 71.7 Å². The molecule has 0 amide bonds. The van der Waals surface area contributed by atoms with Crippen LogP contribution in [-0.2, 0) is 4.84 Å². The number of phenols is 1. The van der Waals surface area contributed by atoms with Crippen molar-refractivity contribution in [2.45, 2.75) is 20.0 Å². The van der Waals surface area contributed by atoms with E-state index >= 15 is 0 Å². The highest BCUT2D eigenvalue weighted by Crippen LogP contribution is 2.25. The van der Waals surface area contributed by atoms with E-state index in [0.29, 0.717) is 5.56 Å². The van der Waals surface area contributed by atoms with Crippen molar-refractivity contribution < 1.29 is 9.94 Å². The number of hydrogen-bond donors (Lipinski definition) is 2. The van der Waals surface area contributed by atoms with Crippen LogP contribution < -0.4 is 5.90 Å². The maximum Gasteiger partial charge on any atom is 0.121 e. The smallest absolute Gasteiger partial charge is 0.121 e. The second kappa shape index (κ2) is 3.56. The quantitative estimate of drug-likeness (QED) is 0.658. The fraction of sp³-hybridized carbons (Fsp3) is 0.333. The lowest BCUT2D eigenvalue weighted by Crippen LogP contribution is -2.05. The predicted molar refractivity (Wildman–Crippen MR) is 46.5 cm³/mol. The van der Waals surface area contributed by atoms with Gasteiger partial charge in [0.1, 0.15) is 11.9 Å². The second-order valence-electron chi connectivity index (χ2n) is 2.84. The van der Waals surface area contributed by atoms with Crippen molar-refractivity contribution in [2.75, 3.05) is 0 Å². The largest absolute Gasteiger partial charge is 0.508 e. The molecule has 0 bridgehead atoms. The van der Waals surface area contributed by atoms with Gasteiger partial charge in [-0.15, -0.1) is 0 Å². The van der Waals surface area contributed by atoms with Crippen LogP contribution in [-0.4, -0.2) is 5.11 Å². The van der Waals surface area contributed by atoms with Crippen LogP contribution in [0.3, 0.4) is 0 Å². The van der Waals surface area contributed by atoms with Crippen LogP contribution >= 0.6 is 0 Å². The van der Waals surface area contributed by atoms with Gasteiger partial charge in [0, 0.05) is 5.56 Å². The molecule has 0 radical (unpaired) electrons. The van der Waals surface area contributed by atoms with Crippen molar-refractivity contribution in [2.24, 2.45) is 5.90 Å². The van der Waals surface area contributed by atoms with Crippen LogP contribution in [0.1, 0.15) is 24.2 Å². The van der Waals surface area contributed by atoms with E-state index < -0.39 is 0 Å². The molecule has 1 unspecified atom stereocenters. The van der Waals surface area contributed by atoms with Gasteiger partial charge in [0.15, 0.2) is 0 Å². The first-order valence-electron chi connectivity index (χ1n) is 3.80. The first-order chi connectivity index (χ1) is 5.65. The molecule has 1 atom stereocenters. The molecule has 0 aliphatic carbocycles. The molecule has 3 heteroatoms. The summed E-state index contributed by atoms with van der Waals surface area (Å²) in [6.45, 7) is 3.70. The molecular formula is C9H13NO2. The van der Waals surface area contributed by atoms with E-state index in [0.717, 1.165) is 5.56 Å². The van der Waals surface area contributed by atoms with E-state index in [1.807, 2.05) is 19.1 Å². The molecule has 1 rings (SSSR count). The third-order valence-electron chi connectivity index (χ3n) is 1.83. The molecule has 1 aromatic carbocycles. The minimum Gasteiger partial charge on any atom is -0.508 e. The molecular weight excluding hydrogens is 154 g/mol. The first kappa shape index (κ1) is 9.03. The fourth-order valence-corrected chi connectivity index (χ4v) is 1.07. The SMILES string of the molecule is Cc1ccc(C(C)ON)c(O)c1. The number of aromatic hydroxyl groups is 1. The molecule has 66 valence electrons. The van der Waals surface area contributed by atoms with Gasteiger partial charge in [0.25, 0.3) is 0 Å². The predicted octanol–water partition coefficient (Wildman–Crippen LogP) is 1.65. The lowest BCUT2D eigenvalue weighted by Gasteiger charge is -2.10. The third-order valence-corrected chi connectivity index (χ3v) is 1.83. The summed E-state index contributed by atoms with van der Waals surface area (Å²) in [6, 6.07) is 5.40. The number of aryl methyl sites for hydroxylation is 1. The van der Waals surface area contributed by atoms with E-state index in [4.69, 9.17) is 5.90 Å². The summed E-state index contributed by atoms with van der Waals surface area (Å²) in [5.41, 5.74) is 1.73. The van der Waals surface area contributed by atoms with Crippen LogP contribution in [0.5, 0.6) is 5.75 Å². The summed E-state index contributed by atoms with van der Waals surface area (Å²) in [6.07, 6.45) is -0.273. The third kappa shape index (κ3) is 1.75. The summed E-state index contributed by atoms with van der Waals surface area (Å²) in [5.74, 6) is 5.23. The Hall–Kier alpha value is -1.06. The van der Waals surface area contributed by atoms with E-state index in [1.54, 1.807) is 13.0 Å². The molecule has 0 aliphatic rings. The van der Waals surface area contributed by atoms with Crippen LogP contribution in [0.25, 0.3) is 0 Å².